The van der Waals surface area contributed by atoms with Crippen molar-refractivity contribution < 1.29 is 9.53 Å². The highest BCUT2D eigenvalue weighted by molar-refractivity contribution is 7.99. The zero-order valence-corrected chi connectivity index (χ0v) is 12.1. The number of rotatable bonds is 5. The number of hydrogen-bond donors (Lipinski definition) is 1. The molecule has 0 amide bonds. The van der Waals surface area contributed by atoms with Gasteiger partial charge in [-0.2, -0.15) is 11.8 Å². The summed E-state index contributed by atoms with van der Waals surface area (Å²) in [6.07, 6.45) is 5.62. The number of carbonyl (C=O) groups excluding carboxylic acids is 1. The minimum Gasteiger partial charge on any atom is -0.466 e. The molecule has 1 saturated carbocycles. The van der Waals surface area contributed by atoms with E-state index in [0.717, 1.165) is 31.6 Å². The number of carbonyl (C=O) groups is 1. The van der Waals surface area contributed by atoms with Gasteiger partial charge in [0.25, 0.3) is 0 Å². The minimum absolute atomic E-state index is 0.0168. The molecular formula is C14H25NO2S. The lowest BCUT2D eigenvalue weighted by atomic mass is 9.86. The normalized spacial score (nSPS) is 32.4. The zero-order chi connectivity index (χ0) is 12.8. The van der Waals surface area contributed by atoms with Gasteiger partial charge in [0.15, 0.2) is 0 Å². The van der Waals surface area contributed by atoms with E-state index in [9.17, 15) is 4.79 Å². The molecule has 0 bridgehead atoms. The van der Waals surface area contributed by atoms with Crippen molar-refractivity contribution in [1.82, 2.24) is 5.32 Å². The van der Waals surface area contributed by atoms with Crippen LogP contribution in [0.25, 0.3) is 0 Å². The molecule has 1 aliphatic carbocycles. The second-order valence-electron chi connectivity index (χ2n) is 5.44. The van der Waals surface area contributed by atoms with E-state index in [4.69, 9.17) is 4.74 Å². The first-order chi connectivity index (χ1) is 8.79. The smallest absolute Gasteiger partial charge is 0.308 e. The van der Waals surface area contributed by atoms with Gasteiger partial charge < -0.3 is 10.1 Å². The molecule has 18 heavy (non-hydrogen) atoms. The first kappa shape index (κ1) is 14.2. The molecule has 0 radical (unpaired) electrons. The van der Waals surface area contributed by atoms with Crippen LogP contribution in [0.3, 0.4) is 0 Å². The second kappa shape index (κ2) is 7.39. The van der Waals surface area contributed by atoms with Gasteiger partial charge in [0.1, 0.15) is 0 Å². The molecule has 0 aromatic carbocycles. The molecule has 2 aliphatic rings. The van der Waals surface area contributed by atoms with Crippen molar-refractivity contribution in [2.45, 2.75) is 45.1 Å². The van der Waals surface area contributed by atoms with Crippen molar-refractivity contribution in [1.29, 1.82) is 0 Å². The Kier molecular flexibility index (Phi) is 5.83. The van der Waals surface area contributed by atoms with Gasteiger partial charge in [0.05, 0.1) is 12.5 Å². The molecule has 104 valence electrons. The Bertz CT molecular complexity index is 259. The lowest BCUT2D eigenvalue weighted by molar-refractivity contribution is -0.149. The fraction of sp³-hybridized carbons (Fsp3) is 0.929. The molecule has 1 aliphatic heterocycles. The monoisotopic (exact) mass is 271 g/mol. The molecule has 0 aromatic heterocycles. The van der Waals surface area contributed by atoms with E-state index in [1.54, 1.807) is 0 Å². The number of hydrogen-bond acceptors (Lipinski definition) is 4. The molecule has 2 fully saturated rings. The summed E-state index contributed by atoms with van der Waals surface area (Å²) in [6, 6.07) is 0.626. The van der Waals surface area contributed by atoms with Gasteiger partial charge in [-0.05, 0) is 63.0 Å². The molecule has 1 unspecified atom stereocenters. The van der Waals surface area contributed by atoms with Crippen LogP contribution in [-0.4, -0.2) is 36.7 Å². The molecule has 1 N–H and O–H groups in total. The van der Waals surface area contributed by atoms with Crippen molar-refractivity contribution in [3.05, 3.63) is 0 Å². The van der Waals surface area contributed by atoms with Crippen LogP contribution < -0.4 is 5.32 Å². The molecule has 1 saturated heterocycles. The predicted octanol–water partition coefficient (Wildman–Crippen LogP) is 2.45. The topological polar surface area (TPSA) is 38.3 Å². The summed E-state index contributed by atoms with van der Waals surface area (Å²) in [5.74, 6) is 3.71. The van der Waals surface area contributed by atoms with Crippen molar-refractivity contribution in [3.63, 3.8) is 0 Å². The highest BCUT2D eigenvalue weighted by Gasteiger charge is 2.27. The Morgan fingerprint density at radius 2 is 2.06 bits per heavy atom. The molecule has 2 rings (SSSR count). The Morgan fingerprint density at radius 3 is 2.67 bits per heavy atom. The number of esters is 1. The summed E-state index contributed by atoms with van der Waals surface area (Å²) in [6.45, 7) is 3.56. The first-order valence-electron chi connectivity index (χ1n) is 7.27. The van der Waals surface area contributed by atoms with Crippen molar-refractivity contribution >= 4 is 17.7 Å². The highest BCUT2D eigenvalue weighted by Crippen LogP contribution is 2.27. The molecule has 1 atom stereocenters. The van der Waals surface area contributed by atoms with E-state index in [-0.39, 0.29) is 11.9 Å². The quantitative estimate of drug-likeness (QED) is 0.780. The fourth-order valence-corrected chi connectivity index (χ4v) is 4.16. The van der Waals surface area contributed by atoms with Crippen LogP contribution in [0.15, 0.2) is 0 Å². The number of thioether (sulfide) groups is 1. The van der Waals surface area contributed by atoms with Crippen LogP contribution in [0, 0.1) is 11.8 Å². The van der Waals surface area contributed by atoms with Crippen LogP contribution in [0.5, 0.6) is 0 Å². The van der Waals surface area contributed by atoms with Gasteiger partial charge in [-0.1, -0.05) is 0 Å². The molecule has 0 spiro atoms. The van der Waals surface area contributed by atoms with E-state index in [0.29, 0.717) is 12.6 Å². The van der Waals surface area contributed by atoms with Crippen LogP contribution in [0.1, 0.15) is 39.0 Å². The Labute approximate surface area is 114 Å². The van der Waals surface area contributed by atoms with E-state index in [1.165, 1.54) is 24.5 Å². The molecule has 3 nitrogen and oxygen atoms in total. The first-order valence-corrected chi connectivity index (χ1v) is 8.42. The number of nitrogens with one attached hydrogen (secondary N) is 1. The Morgan fingerprint density at radius 1 is 1.28 bits per heavy atom. The van der Waals surface area contributed by atoms with Gasteiger partial charge in [0.2, 0.25) is 0 Å². The largest absolute Gasteiger partial charge is 0.466 e. The van der Waals surface area contributed by atoms with E-state index in [1.807, 2.05) is 6.92 Å². The van der Waals surface area contributed by atoms with Crippen molar-refractivity contribution in [3.8, 4) is 0 Å². The van der Waals surface area contributed by atoms with E-state index in [2.05, 4.69) is 17.1 Å². The van der Waals surface area contributed by atoms with E-state index < -0.39 is 0 Å². The van der Waals surface area contributed by atoms with Crippen LogP contribution in [-0.2, 0) is 9.53 Å². The molecule has 4 heteroatoms. The lowest BCUT2D eigenvalue weighted by Gasteiger charge is -2.28. The predicted molar refractivity (Wildman–Crippen MR) is 75.8 cm³/mol. The second-order valence-corrected chi connectivity index (χ2v) is 6.59. The average molecular weight is 271 g/mol. The average Bonchev–Trinajstić information content (AvgIpc) is 2.90. The van der Waals surface area contributed by atoms with E-state index >= 15 is 0 Å². The minimum atomic E-state index is 0.0168. The standard InChI is InChI=1S/C14H25NO2S/c1-2-17-14(16)12-3-5-13(6-4-12)15-9-11-7-8-18-10-11/h11-13,15H,2-10H2,1H3. The molecular weight excluding hydrogens is 246 g/mol. The third-order valence-corrected chi connectivity index (χ3v) is 5.30. The highest BCUT2D eigenvalue weighted by atomic mass is 32.2. The Balaban J connectivity index is 1.62. The van der Waals surface area contributed by atoms with Gasteiger partial charge >= 0.3 is 5.97 Å². The maximum absolute atomic E-state index is 11.6. The number of ether oxygens (including phenoxy) is 1. The maximum Gasteiger partial charge on any atom is 0.308 e. The van der Waals surface area contributed by atoms with Crippen LogP contribution >= 0.6 is 11.8 Å². The zero-order valence-electron chi connectivity index (χ0n) is 11.3. The fourth-order valence-electron chi connectivity index (χ4n) is 2.87. The van der Waals surface area contributed by atoms with Gasteiger partial charge in [-0.3, -0.25) is 4.79 Å². The van der Waals surface area contributed by atoms with Crippen LogP contribution in [0.4, 0.5) is 0 Å². The summed E-state index contributed by atoms with van der Waals surface area (Å²) in [5.41, 5.74) is 0. The summed E-state index contributed by atoms with van der Waals surface area (Å²) in [7, 11) is 0. The van der Waals surface area contributed by atoms with Gasteiger partial charge in [0, 0.05) is 6.04 Å². The third kappa shape index (κ3) is 4.16. The molecule has 1 heterocycles. The summed E-state index contributed by atoms with van der Waals surface area (Å²) in [5, 5.41) is 3.69. The summed E-state index contributed by atoms with van der Waals surface area (Å²) >= 11 is 2.08. The third-order valence-electron chi connectivity index (χ3n) is 4.07. The van der Waals surface area contributed by atoms with Crippen LogP contribution in [0.2, 0.25) is 0 Å². The van der Waals surface area contributed by atoms with Crippen molar-refractivity contribution in [2.75, 3.05) is 24.7 Å². The maximum atomic E-state index is 11.6. The summed E-state index contributed by atoms with van der Waals surface area (Å²) < 4.78 is 5.10. The molecule has 0 aromatic rings. The van der Waals surface area contributed by atoms with Gasteiger partial charge in [-0.25, -0.2) is 0 Å². The SMILES string of the molecule is CCOC(=O)C1CCC(NCC2CCSC2)CC1. The van der Waals surface area contributed by atoms with Gasteiger partial charge in [-0.15, -0.1) is 0 Å². The summed E-state index contributed by atoms with van der Waals surface area (Å²) in [4.78, 5) is 11.6. The lowest BCUT2D eigenvalue weighted by Crippen LogP contribution is -2.37. The van der Waals surface area contributed by atoms with Crippen molar-refractivity contribution in [2.24, 2.45) is 11.8 Å². The Hall–Kier alpha value is -0.220.